The van der Waals surface area contributed by atoms with E-state index in [0.717, 1.165) is 18.4 Å². The molecule has 1 unspecified atom stereocenters. The Labute approximate surface area is 158 Å². The van der Waals surface area contributed by atoms with E-state index < -0.39 is 19.1 Å². The summed E-state index contributed by atoms with van der Waals surface area (Å²) < 4.78 is 9.97. The molecule has 1 amide bonds. The zero-order valence-corrected chi connectivity index (χ0v) is 15.2. The number of rotatable bonds is 7. The number of nitrogens with one attached hydrogen (secondary N) is 1. The molecule has 0 saturated heterocycles. The monoisotopic (exact) mass is 367 g/mol. The van der Waals surface area contributed by atoms with E-state index in [1.165, 1.54) is 12.7 Å². The van der Waals surface area contributed by atoms with E-state index in [9.17, 15) is 14.6 Å². The highest BCUT2D eigenvalue weighted by molar-refractivity contribution is 6.61. The standard InChI is InChI=1S/C20H22BNO5/c1-26-20(24)18(9-5-8-14-6-3-2-4-7-14)22-19(23)15-10-11-16-13-27-21(25)17(16)12-15/h2-4,6-7,10-12,18,25H,5,8-9,13H2,1H3,(H,22,23). The van der Waals surface area contributed by atoms with Crippen molar-refractivity contribution in [3.63, 3.8) is 0 Å². The van der Waals surface area contributed by atoms with Gasteiger partial charge in [-0.15, -0.1) is 0 Å². The summed E-state index contributed by atoms with van der Waals surface area (Å²) >= 11 is 0. The highest BCUT2D eigenvalue weighted by atomic mass is 16.5. The molecule has 1 aliphatic heterocycles. The minimum atomic E-state index is -1.02. The predicted molar refractivity (Wildman–Crippen MR) is 101 cm³/mol. The number of carbonyl (C=O) groups is 2. The Morgan fingerprint density at radius 2 is 2.04 bits per heavy atom. The molecule has 1 heterocycles. The largest absolute Gasteiger partial charge is 0.491 e. The molecule has 1 atom stereocenters. The molecule has 2 aromatic rings. The first-order valence-electron chi connectivity index (χ1n) is 8.93. The number of carbonyl (C=O) groups excluding carboxylic acids is 2. The summed E-state index contributed by atoms with van der Waals surface area (Å²) in [5.74, 6) is -0.854. The third-order valence-electron chi connectivity index (χ3n) is 4.66. The van der Waals surface area contributed by atoms with Crippen LogP contribution in [0.25, 0.3) is 0 Å². The van der Waals surface area contributed by atoms with Crippen LogP contribution in [0.5, 0.6) is 0 Å². The second-order valence-electron chi connectivity index (χ2n) is 6.50. The van der Waals surface area contributed by atoms with Gasteiger partial charge in [-0.25, -0.2) is 4.79 Å². The van der Waals surface area contributed by atoms with Gasteiger partial charge in [0.2, 0.25) is 0 Å². The molecule has 27 heavy (non-hydrogen) atoms. The van der Waals surface area contributed by atoms with Gasteiger partial charge in [0, 0.05) is 5.56 Å². The third-order valence-corrected chi connectivity index (χ3v) is 4.66. The first kappa shape index (κ1) is 19.1. The van der Waals surface area contributed by atoms with Crippen LogP contribution in [0.2, 0.25) is 0 Å². The van der Waals surface area contributed by atoms with Crippen LogP contribution in [-0.2, 0) is 27.2 Å². The fourth-order valence-corrected chi connectivity index (χ4v) is 3.14. The third kappa shape index (κ3) is 4.75. The summed E-state index contributed by atoms with van der Waals surface area (Å²) in [7, 11) is 0.289. The van der Waals surface area contributed by atoms with Crippen LogP contribution in [0.15, 0.2) is 48.5 Å². The van der Waals surface area contributed by atoms with Crippen molar-refractivity contribution in [3.05, 3.63) is 65.2 Å². The second-order valence-corrected chi connectivity index (χ2v) is 6.50. The molecular formula is C20H22BNO5. The zero-order chi connectivity index (χ0) is 19.2. The molecule has 2 aromatic carbocycles. The number of fused-ring (bicyclic) bond motifs is 1. The molecule has 0 fully saturated rings. The van der Waals surface area contributed by atoms with Gasteiger partial charge in [-0.1, -0.05) is 36.4 Å². The van der Waals surface area contributed by atoms with Gasteiger partial charge < -0.3 is 19.7 Å². The van der Waals surface area contributed by atoms with Crippen LogP contribution in [0.3, 0.4) is 0 Å². The first-order valence-corrected chi connectivity index (χ1v) is 8.93. The molecule has 0 saturated carbocycles. The second kappa shape index (κ2) is 8.84. The lowest BCUT2D eigenvalue weighted by Gasteiger charge is -2.17. The molecule has 0 aromatic heterocycles. The maximum Gasteiger partial charge on any atom is 0.491 e. The predicted octanol–water partition coefficient (Wildman–Crippen LogP) is 1.20. The molecule has 6 nitrogen and oxygen atoms in total. The van der Waals surface area contributed by atoms with Gasteiger partial charge in [-0.3, -0.25) is 4.79 Å². The van der Waals surface area contributed by atoms with Crippen molar-refractivity contribution in [2.45, 2.75) is 31.9 Å². The summed E-state index contributed by atoms with van der Waals surface area (Å²) in [5, 5.41) is 12.5. The van der Waals surface area contributed by atoms with Crippen molar-refractivity contribution in [3.8, 4) is 0 Å². The number of ether oxygens (including phenoxy) is 1. The average Bonchev–Trinajstić information content (AvgIpc) is 3.07. The molecule has 0 bridgehead atoms. The minimum Gasteiger partial charge on any atom is -0.467 e. The van der Waals surface area contributed by atoms with Crippen LogP contribution in [0, 0.1) is 0 Å². The summed E-state index contributed by atoms with van der Waals surface area (Å²) in [6.45, 7) is 0.322. The lowest BCUT2D eigenvalue weighted by Crippen LogP contribution is -2.42. The molecule has 0 spiro atoms. The Kier molecular flexibility index (Phi) is 6.26. The summed E-state index contributed by atoms with van der Waals surface area (Å²) in [6.07, 6.45) is 2.03. The topological polar surface area (TPSA) is 84.9 Å². The normalized spacial score (nSPS) is 13.8. The molecule has 2 N–H and O–H groups in total. The lowest BCUT2D eigenvalue weighted by atomic mass is 9.78. The smallest absolute Gasteiger partial charge is 0.467 e. The number of esters is 1. The Hall–Kier alpha value is -2.64. The van der Waals surface area contributed by atoms with Gasteiger partial charge in [0.1, 0.15) is 6.04 Å². The van der Waals surface area contributed by atoms with E-state index in [4.69, 9.17) is 9.39 Å². The van der Waals surface area contributed by atoms with E-state index >= 15 is 0 Å². The lowest BCUT2D eigenvalue weighted by molar-refractivity contribution is -0.143. The van der Waals surface area contributed by atoms with Crippen LogP contribution in [-0.4, -0.2) is 37.2 Å². The van der Waals surface area contributed by atoms with E-state index in [-0.39, 0.29) is 5.91 Å². The highest BCUT2D eigenvalue weighted by Crippen LogP contribution is 2.13. The number of methoxy groups -OCH3 is 1. The highest BCUT2D eigenvalue weighted by Gasteiger charge is 2.29. The quantitative estimate of drug-likeness (QED) is 0.568. The fraction of sp³-hybridized carbons (Fsp3) is 0.300. The molecule has 140 valence electrons. The average molecular weight is 367 g/mol. The van der Waals surface area contributed by atoms with E-state index in [1.54, 1.807) is 18.2 Å². The van der Waals surface area contributed by atoms with Gasteiger partial charge in [-0.2, -0.15) is 0 Å². The van der Waals surface area contributed by atoms with Crippen molar-refractivity contribution in [2.75, 3.05) is 7.11 Å². The van der Waals surface area contributed by atoms with E-state index in [0.29, 0.717) is 24.1 Å². The van der Waals surface area contributed by atoms with E-state index in [2.05, 4.69) is 5.32 Å². The Balaban J connectivity index is 1.63. The fourth-order valence-electron chi connectivity index (χ4n) is 3.14. The molecule has 0 aliphatic carbocycles. The van der Waals surface area contributed by atoms with Crippen molar-refractivity contribution < 1.29 is 24.0 Å². The van der Waals surface area contributed by atoms with Gasteiger partial charge in [0.25, 0.3) is 5.91 Å². The maximum absolute atomic E-state index is 12.6. The summed E-state index contributed by atoms with van der Waals surface area (Å²) in [5.41, 5.74) is 2.99. The number of benzene rings is 2. The van der Waals surface area contributed by atoms with Crippen LogP contribution >= 0.6 is 0 Å². The Bertz CT molecular complexity index is 811. The van der Waals surface area contributed by atoms with Crippen molar-refractivity contribution in [1.29, 1.82) is 0 Å². The SMILES string of the molecule is COC(=O)C(CCCc1ccccc1)NC(=O)c1ccc2c(c1)B(O)OC2. The van der Waals surface area contributed by atoms with Gasteiger partial charge in [0.05, 0.1) is 13.7 Å². The molecular weight excluding hydrogens is 345 g/mol. The van der Waals surface area contributed by atoms with Crippen LogP contribution < -0.4 is 10.8 Å². The molecule has 3 rings (SSSR count). The molecule has 1 aliphatic rings. The van der Waals surface area contributed by atoms with Gasteiger partial charge in [-0.05, 0) is 48.0 Å². The number of hydrogen-bond acceptors (Lipinski definition) is 5. The van der Waals surface area contributed by atoms with Gasteiger partial charge in [0.15, 0.2) is 0 Å². The number of amides is 1. The van der Waals surface area contributed by atoms with Crippen molar-refractivity contribution in [2.24, 2.45) is 0 Å². The molecule has 0 radical (unpaired) electrons. The van der Waals surface area contributed by atoms with Crippen LogP contribution in [0.4, 0.5) is 0 Å². The van der Waals surface area contributed by atoms with E-state index in [1.807, 2.05) is 30.3 Å². The summed E-state index contributed by atoms with van der Waals surface area (Å²) in [6, 6.07) is 14.3. The van der Waals surface area contributed by atoms with Gasteiger partial charge >= 0.3 is 13.1 Å². The Morgan fingerprint density at radius 1 is 1.26 bits per heavy atom. The number of hydrogen-bond donors (Lipinski definition) is 2. The minimum absolute atomic E-state index is 0.322. The maximum atomic E-state index is 12.6. The van der Waals surface area contributed by atoms with Crippen molar-refractivity contribution >= 4 is 24.5 Å². The zero-order valence-electron chi connectivity index (χ0n) is 15.2. The summed E-state index contributed by atoms with van der Waals surface area (Å²) in [4.78, 5) is 24.6. The Morgan fingerprint density at radius 3 is 2.78 bits per heavy atom. The van der Waals surface area contributed by atoms with Crippen molar-refractivity contribution in [1.82, 2.24) is 5.32 Å². The van der Waals surface area contributed by atoms with Crippen LogP contribution in [0.1, 0.15) is 34.3 Å². The molecule has 7 heteroatoms. The first-order chi connectivity index (χ1) is 13.1. The number of aryl methyl sites for hydroxylation is 1.